The molecule has 1 fully saturated rings. The summed E-state index contributed by atoms with van der Waals surface area (Å²) >= 11 is 0. The summed E-state index contributed by atoms with van der Waals surface area (Å²) in [4.78, 5) is 6.68. The van der Waals surface area contributed by atoms with Gasteiger partial charge in [0, 0.05) is 31.4 Å². The summed E-state index contributed by atoms with van der Waals surface area (Å²) in [6.45, 7) is 2.26. The first kappa shape index (κ1) is 18.7. The molecule has 4 rings (SSSR count). The van der Waals surface area contributed by atoms with Gasteiger partial charge in [-0.25, -0.2) is 8.78 Å². The molecule has 0 unspecified atom stereocenters. The maximum absolute atomic E-state index is 13.1. The Morgan fingerprint density at radius 1 is 0.893 bits per heavy atom. The number of aromatic nitrogens is 1. The van der Waals surface area contributed by atoms with Crippen LogP contribution in [0.4, 0.5) is 8.78 Å². The molecule has 2 aromatic carbocycles. The van der Waals surface area contributed by atoms with E-state index < -0.39 is 5.60 Å². The van der Waals surface area contributed by atoms with E-state index in [1.54, 1.807) is 30.5 Å². The quantitative estimate of drug-likeness (QED) is 0.723. The molecule has 1 aliphatic rings. The molecule has 1 aromatic heterocycles. The molecule has 3 aromatic rings. The molecule has 28 heavy (non-hydrogen) atoms. The van der Waals surface area contributed by atoms with Gasteiger partial charge in [-0.15, -0.1) is 0 Å². The van der Waals surface area contributed by atoms with E-state index in [4.69, 9.17) is 0 Å². The second-order valence-corrected chi connectivity index (χ2v) is 7.37. The number of benzene rings is 2. The fourth-order valence-electron chi connectivity index (χ4n) is 3.74. The number of likely N-dealkylation sites (tertiary alicyclic amines) is 1. The van der Waals surface area contributed by atoms with Crippen LogP contribution < -0.4 is 0 Å². The van der Waals surface area contributed by atoms with Crippen molar-refractivity contribution in [3.63, 3.8) is 0 Å². The molecule has 5 heteroatoms. The van der Waals surface area contributed by atoms with Crippen molar-refractivity contribution in [2.75, 3.05) is 13.1 Å². The van der Waals surface area contributed by atoms with Crippen LogP contribution in [0.2, 0.25) is 0 Å². The van der Waals surface area contributed by atoms with Crippen LogP contribution in [-0.2, 0) is 12.1 Å². The van der Waals surface area contributed by atoms with E-state index in [0.29, 0.717) is 12.8 Å². The molecule has 3 nitrogen and oxygen atoms in total. The average Bonchev–Trinajstić information content (AvgIpc) is 2.71. The SMILES string of the molecule is OC1(c2ccc(F)cc2)CCN(Cc2ccnc(-c3ccc(F)cc3)c2)CC1. The van der Waals surface area contributed by atoms with Crippen molar-refractivity contribution in [3.8, 4) is 11.3 Å². The van der Waals surface area contributed by atoms with Gasteiger partial charge in [-0.2, -0.15) is 0 Å². The number of hydrogen-bond acceptors (Lipinski definition) is 3. The lowest BCUT2D eigenvalue weighted by molar-refractivity contribution is -0.0277. The van der Waals surface area contributed by atoms with E-state index in [0.717, 1.165) is 42.0 Å². The Balaban J connectivity index is 1.42. The second-order valence-electron chi connectivity index (χ2n) is 7.37. The fourth-order valence-corrected chi connectivity index (χ4v) is 3.74. The number of nitrogens with zero attached hydrogens (tertiary/aromatic N) is 2. The highest BCUT2D eigenvalue weighted by Gasteiger charge is 2.33. The molecule has 1 N–H and O–H groups in total. The van der Waals surface area contributed by atoms with Gasteiger partial charge >= 0.3 is 0 Å². The number of halogens is 2. The summed E-state index contributed by atoms with van der Waals surface area (Å²) in [6.07, 6.45) is 2.98. The molecular weight excluding hydrogens is 358 g/mol. The third-order valence-corrected chi connectivity index (χ3v) is 5.44. The standard InChI is InChI=1S/C23H22F2N2O/c24-20-5-1-18(2-6-20)22-15-17(9-12-26-22)16-27-13-10-23(28,11-14-27)19-3-7-21(25)8-4-19/h1-9,12,15,28H,10-11,13-14,16H2. The van der Waals surface area contributed by atoms with Gasteiger partial charge in [0.05, 0.1) is 11.3 Å². The van der Waals surface area contributed by atoms with Crippen LogP contribution in [0.5, 0.6) is 0 Å². The van der Waals surface area contributed by atoms with E-state index in [2.05, 4.69) is 9.88 Å². The first-order valence-electron chi connectivity index (χ1n) is 9.43. The van der Waals surface area contributed by atoms with Gasteiger partial charge in [0.1, 0.15) is 11.6 Å². The Labute approximate surface area is 163 Å². The minimum Gasteiger partial charge on any atom is -0.385 e. The van der Waals surface area contributed by atoms with Gasteiger partial charge in [-0.1, -0.05) is 12.1 Å². The number of piperidine rings is 1. The molecule has 0 radical (unpaired) electrons. The first-order valence-corrected chi connectivity index (χ1v) is 9.43. The second kappa shape index (κ2) is 7.78. The van der Waals surface area contributed by atoms with Crippen molar-refractivity contribution >= 4 is 0 Å². The zero-order valence-electron chi connectivity index (χ0n) is 15.5. The predicted molar refractivity (Wildman–Crippen MR) is 104 cm³/mol. The van der Waals surface area contributed by atoms with E-state index in [1.165, 1.54) is 24.3 Å². The van der Waals surface area contributed by atoms with Crippen molar-refractivity contribution in [2.45, 2.75) is 25.0 Å². The summed E-state index contributed by atoms with van der Waals surface area (Å²) in [6, 6.07) is 16.5. The Bertz CT molecular complexity index is 934. The fraction of sp³-hybridized carbons (Fsp3) is 0.261. The van der Waals surface area contributed by atoms with Gasteiger partial charge in [0.15, 0.2) is 0 Å². The van der Waals surface area contributed by atoms with Crippen LogP contribution in [0.3, 0.4) is 0 Å². The molecule has 0 amide bonds. The van der Waals surface area contributed by atoms with Gasteiger partial charge in [-0.3, -0.25) is 9.88 Å². The van der Waals surface area contributed by atoms with Crippen molar-refractivity contribution < 1.29 is 13.9 Å². The molecular formula is C23H22F2N2O. The Morgan fingerprint density at radius 3 is 2.14 bits per heavy atom. The number of aliphatic hydroxyl groups is 1. The predicted octanol–water partition coefficient (Wildman–Crippen LogP) is 4.51. The molecule has 1 aliphatic heterocycles. The van der Waals surface area contributed by atoms with Crippen LogP contribution in [-0.4, -0.2) is 28.1 Å². The average molecular weight is 380 g/mol. The third kappa shape index (κ3) is 4.11. The monoisotopic (exact) mass is 380 g/mol. The Morgan fingerprint density at radius 2 is 1.50 bits per heavy atom. The number of hydrogen-bond donors (Lipinski definition) is 1. The van der Waals surface area contributed by atoms with E-state index in [-0.39, 0.29) is 11.6 Å². The molecule has 0 saturated carbocycles. The van der Waals surface area contributed by atoms with Crippen LogP contribution >= 0.6 is 0 Å². The van der Waals surface area contributed by atoms with Crippen molar-refractivity contribution in [1.29, 1.82) is 0 Å². The van der Waals surface area contributed by atoms with Gasteiger partial charge in [0.2, 0.25) is 0 Å². The lowest BCUT2D eigenvalue weighted by atomic mass is 9.84. The number of pyridine rings is 1. The largest absolute Gasteiger partial charge is 0.385 e. The van der Waals surface area contributed by atoms with E-state index in [9.17, 15) is 13.9 Å². The van der Waals surface area contributed by atoms with Crippen molar-refractivity contribution in [2.24, 2.45) is 0 Å². The highest BCUT2D eigenvalue weighted by Crippen LogP contribution is 2.33. The Kier molecular flexibility index (Phi) is 5.20. The summed E-state index contributed by atoms with van der Waals surface area (Å²) in [5.41, 5.74) is 2.70. The lowest BCUT2D eigenvalue weighted by Crippen LogP contribution is -2.42. The molecule has 0 atom stereocenters. The highest BCUT2D eigenvalue weighted by atomic mass is 19.1. The minimum absolute atomic E-state index is 0.262. The summed E-state index contributed by atoms with van der Waals surface area (Å²) < 4.78 is 26.3. The maximum Gasteiger partial charge on any atom is 0.123 e. The van der Waals surface area contributed by atoms with Crippen LogP contribution in [0.15, 0.2) is 66.9 Å². The van der Waals surface area contributed by atoms with Crippen LogP contribution in [0.25, 0.3) is 11.3 Å². The highest BCUT2D eigenvalue weighted by molar-refractivity contribution is 5.59. The first-order chi connectivity index (χ1) is 13.5. The van der Waals surface area contributed by atoms with Crippen LogP contribution in [0.1, 0.15) is 24.0 Å². The number of rotatable bonds is 4. The smallest absolute Gasteiger partial charge is 0.123 e. The van der Waals surface area contributed by atoms with Crippen LogP contribution in [0, 0.1) is 11.6 Å². The topological polar surface area (TPSA) is 36.4 Å². The normalized spacial score (nSPS) is 16.8. The van der Waals surface area contributed by atoms with Crippen molar-refractivity contribution in [1.82, 2.24) is 9.88 Å². The third-order valence-electron chi connectivity index (χ3n) is 5.44. The molecule has 0 bridgehead atoms. The maximum atomic E-state index is 13.1. The van der Waals surface area contributed by atoms with Gasteiger partial charge in [-0.05, 0) is 72.5 Å². The molecule has 0 aliphatic carbocycles. The van der Waals surface area contributed by atoms with Gasteiger partial charge in [0.25, 0.3) is 0 Å². The summed E-state index contributed by atoms with van der Waals surface area (Å²) in [5, 5.41) is 10.9. The summed E-state index contributed by atoms with van der Waals surface area (Å²) in [5.74, 6) is -0.554. The minimum atomic E-state index is -0.901. The van der Waals surface area contributed by atoms with Gasteiger partial charge < -0.3 is 5.11 Å². The van der Waals surface area contributed by atoms with E-state index >= 15 is 0 Å². The zero-order chi connectivity index (χ0) is 19.6. The molecule has 2 heterocycles. The lowest BCUT2D eigenvalue weighted by Gasteiger charge is -2.38. The Hall–Kier alpha value is -2.63. The van der Waals surface area contributed by atoms with E-state index in [1.807, 2.05) is 12.1 Å². The molecule has 144 valence electrons. The molecule has 0 spiro atoms. The van der Waals surface area contributed by atoms with Crippen molar-refractivity contribution in [3.05, 3.63) is 89.6 Å². The molecule has 1 saturated heterocycles. The summed E-state index contributed by atoms with van der Waals surface area (Å²) in [7, 11) is 0. The zero-order valence-corrected chi connectivity index (χ0v) is 15.5.